The van der Waals surface area contributed by atoms with E-state index in [1.54, 1.807) is 43.5 Å². The monoisotopic (exact) mass is 328 g/mol. The number of methoxy groups -OCH3 is 2. The number of ether oxygens (including phenoxy) is 2. The second-order valence-corrected chi connectivity index (χ2v) is 4.98. The molecule has 8 heteroatoms. The van der Waals surface area contributed by atoms with E-state index in [1.165, 1.54) is 7.11 Å². The molecule has 124 valence electrons. The highest BCUT2D eigenvalue weighted by molar-refractivity contribution is 6.01. The van der Waals surface area contributed by atoms with E-state index in [0.29, 0.717) is 33.9 Å². The van der Waals surface area contributed by atoms with Crippen LogP contribution in [-0.4, -0.2) is 30.2 Å². The number of carbonyl (C=O) groups excluding carboxylic acids is 1. The van der Waals surface area contributed by atoms with Gasteiger partial charge in [0.2, 0.25) is 0 Å². The van der Waals surface area contributed by atoms with E-state index < -0.39 is 6.03 Å². The molecule has 4 N–H and O–H groups in total. The van der Waals surface area contributed by atoms with E-state index in [1.807, 2.05) is 0 Å². The Kier molecular flexibility index (Phi) is 4.11. The van der Waals surface area contributed by atoms with Gasteiger partial charge >= 0.3 is 11.7 Å². The standard InChI is InChI=1S/C16H16N4O4/c1-23-10-4-6-14(24-2)13(8-10)20-15(21)17-9-3-5-11-12(7-9)19-16(22)18-11/h3-8H,1-2H3,(H2,17,20,21)(H2,18,19,22). The van der Waals surface area contributed by atoms with Crippen LogP contribution in [-0.2, 0) is 0 Å². The number of H-pyrrole nitrogens is 2. The van der Waals surface area contributed by atoms with Crippen molar-refractivity contribution >= 4 is 28.4 Å². The number of rotatable bonds is 4. The highest BCUT2D eigenvalue weighted by atomic mass is 16.5. The number of carbonyl (C=O) groups is 1. The number of benzene rings is 2. The lowest BCUT2D eigenvalue weighted by Gasteiger charge is -2.12. The van der Waals surface area contributed by atoms with Crippen molar-refractivity contribution in [1.29, 1.82) is 0 Å². The van der Waals surface area contributed by atoms with Gasteiger partial charge in [-0.1, -0.05) is 0 Å². The Hall–Kier alpha value is -3.42. The van der Waals surface area contributed by atoms with Crippen molar-refractivity contribution < 1.29 is 14.3 Å². The number of urea groups is 1. The number of hydrogen-bond donors (Lipinski definition) is 4. The zero-order valence-electron chi connectivity index (χ0n) is 13.1. The van der Waals surface area contributed by atoms with Crippen molar-refractivity contribution in [1.82, 2.24) is 9.97 Å². The Morgan fingerprint density at radius 2 is 1.75 bits per heavy atom. The molecule has 2 amide bonds. The normalized spacial score (nSPS) is 10.4. The number of fused-ring (bicyclic) bond motifs is 1. The number of anilines is 2. The molecule has 0 fully saturated rings. The summed E-state index contributed by atoms with van der Waals surface area (Å²) in [5, 5.41) is 5.40. The van der Waals surface area contributed by atoms with Gasteiger partial charge in [-0.15, -0.1) is 0 Å². The van der Waals surface area contributed by atoms with Crippen LogP contribution in [0.3, 0.4) is 0 Å². The van der Waals surface area contributed by atoms with E-state index in [2.05, 4.69) is 20.6 Å². The first-order valence-electron chi connectivity index (χ1n) is 7.11. The van der Waals surface area contributed by atoms with Gasteiger partial charge in [0.15, 0.2) is 0 Å². The summed E-state index contributed by atoms with van der Waals surface area (Å²) in [6, 6.07) is 9.70. The predicted octanol–water partition coefficient (Wildman–Crippen LogP) is 2.52. The molecule has 0 aliphatic rings. The van der Waals surface area contributed by atoms with E-state index in [-0.39, 0.29) is 5.69 Å². The van der Waals surface area contributed by atoms with Crippen LogP contribution < -0.4 is 25.8 Å². The maximum absolute atomic E-state index is 12.2. The Morgan fingerprint density at radius 3 is 2.50 bits per heavy atom. The van der Waals surface area contributed by atoms with Crippen molar-refractivity contribution in [2.45, 2.75) is 0 Å². The van der Waals surface area contributed by atoms with Crippen LogP contribution in [0.1, 0.15) is 0 Å². The van der Waals surface area contributed by atoms with Gasteiger partial charge in [0.05, 0.1) is 30.9 Å². The summed E-state index contributed by atoms with van der Waals surface area (Å²) >= 11 is 0. The summed E-state index contributed by atoms with van der Waals surface area (Å²) < 4.78 is 10.4. The molecule has 1 aromatic heterocycles. The SMILES string of the molecule is COc1ccc(OC)c(NC(=O)Nc2ccc3[nH]c(=O)[nH]c3c2)c1. The third kappa shape index (κ3) is 3.17. The van der Waals surface area contributed by atoms with E-state index in [9.17, 15) is 9.59 Å². The van der Waals surface area contributed by atoms with Crippen molar-refractivity contribution in [2.24, 2.45) is 0 Å². The van der Waals surface area contributed by atoms with Gasteiger partial charge in [-0.2, -0.15) is 0 Å². The van der Waals surface area contributed by atoms with E-state index >= 15 is 0 Å². The molecule has 0 unspecified atom stereocenters. The predicted molar refractivity (Wildman–Crippen MR) is 91.1 cm³/mol. The molecular formula is C16H16N4O4. The van der Waals surface area contributed by atoms with Gasteiger partial charge in [0, 0.05) is 11.8 Å². The lowest BCUT2D eigenvalue weighted by atomic mass is 10.2. The lowest BCUT2D eigenvalue weighted by Crippen LogP contribution is -2.19. The average Bonchev–Trinajstić information content (AvgIpc) is 2.94. The number of nitrogens with one attached hydrogen (secondary N) is 4. The zero-order valence-corrected chi connectivity index (χ0v) is 13.1. The molecule has 0 atom stereocenters. The molecule has 3 aromatic rings. The molecule has 0 spiro atoms. The van der Waals surface area contributed by atoms with Crippen LogP contribution in [0.5, 0.6) is 11.5 Å². The summed E-state index contributed by atoms with van der Waals surface area (Å²) in [4.78, 5) is 28.7. The largest absolute Gasteiger partial charge is 0.497 e. The van der Waals surface area contributed by atoms with E-state index in [4.69, 9.17) is 9.47 Å². The number of imidazole rings is 1. The summed E-state index contributed by atoms with van der Waals surface area (Å²) in [6.07, 6.45) is 0. The minimum Gasteiger partial charge on any atom is -0.497 e. The first kappa shape index (κ1) is 15.5. The Bertz CT molecular complexity index is 945. The fourth-order valence-electron chi connectivity index (χ4n) is 2.31. The van der Waals surface area contributed by atoms with Gasteiger partial charge in [0.25, 0.3) is 0 Å². The first-order chi connectivity index (χ1) is 11.6. The molecule has 0 saturated carbocycles. The van der Waals surface area contributed by atoms with E-state index in [0.717, 1.165) is 0 Å². The smallest absolute Gasteiger partial charge is 0.323 e. The van der Waals surface area contributed by atoms with Crippen LogP contribution in [0.2, 0.25) is 0 Å². The third-order valence-corrected chi connectivity index (χ3v) is 3.43. The third-order valence-electron chi connectivity index (χ3n) is 3.43. The van der Waals surface area contributed by atoms with Gasteiger partial charge in [-0.25, -0.2) is 9.59 Å². The minimum atomic E-state index is -0.446. The molecule has 0 saturated heterocycles. The number of aromatic amines is 2. The van der Waals surface area contributed by atoms with Crippen LogP contribution in [0.25, 0.3) is 11.0 Å². The second-order valence-electron chi connectivity index (χ2n) is 4.98. The van der Waals surface area contributed by atoms with Crippen molar-refractivity contribution in [3.8, 4) is 11.5 Å². The minimum absolute atomic E-state index is 0.298. The van der Waals surface area contributed by atoms with Crippen molar-refractivity contribution in [2.75, 3.05) is 24.9 Å². The molecule has 0 aliphatic heterocycles. The summed E-state index contributed by atoms with van der Waals surface area (Å²) in [6.45, 7) is 0. The number of amides is 2. The van der Waals surface area contributed by atoms with Crippen LogP contribution in [0.4, 0.5) is 16.2 Å². The summed E-state index contributed by atoms with van der Waals surface area (Å²) in [5.74, 6) is 1.11. The Balaban J connectivity index is 1.78. The second kappa shape index (κ2) is 6.37. The quantitative estimate of drug-likeness (QED) is 0.590. The Labute approximate surface area is 136 Å². The highest BCUT2D eigenvalue weighted by Crippen LogP contribution is 2.29. The number of hydrogen-bond acceptors (Lipinski definition) is 4. The van der Waals surface area contributed by atoms with Gasteiger partial charge in [-0.3, -0.25) is 0 Å². The molecule has 8 nitrogen and oxygen atoms in total. The zero-order chi connectivity index (χ0) is 17.1. The summed E-state index contributed by atoms with van der Waals surface area (Å²) in [7, 11) is 3.06. The van der Waals surface area contributed by atoms with Gasteiger partial charge in [-0.05, 0) is 30.3 Å². The number of aromatic nitrogens is 2. The maximum atomic E-state index is 12.2. The van der Waals surface area contributed by atoms with Crippen LogP contribution >= 0.6 is 0 Å². The fourth-order valence-corrected chi connectivity index (χ4v) is 2.31. The van der Waals surface area contributed by atoms with Gasteiger partial charge < -0.3 is 30.1 Å². The highest BCUT2D eigenvalue weighted by Gasteiger charge is 2.10. The molecule has 0 aliphatic carbocycles. The van der Waals surface area contributed by atoms with Crippen molar-refractivity contribution in [3.63, 3.8) is 0 Å². The maximum Gasteiger partial charge on any atom is 0.323 e. The first-order valence-corrected chi connectivity index (χ1v) is 7.11. The molecule has 3 rings (SSSR count). The van der Waals surface area contributed by atoms with Crippen molar-refractivity contribution in [3.05, 3.63) is 46.9 Å². The summed E-state index contributed by atoms with van der Waals surface area (Å²) in [5.41, 5.74) is 1.99. The molecule has 0 radical (unpaired) electrons. The fraction of sp³-hybridized carbons (Fsp3) is 0.125. The van der Waals surface area contributed by atoms with Gasteiger partial charge in [0.1, 0.15) is 11.5 Å². The lowest BCUT2D eigenvalue weighted by molar-refractivity contribution is 0.262. The average molecular weight is 328 g/mol. The molecule has 2 aromatic carbocycles. The molecule has 0 bridgehead atoms. The topological polar surface area (TPSA) is 108 Å². The van der Waals surface area contributed by atoms with Crippen LogP contribution in [0.15, 0.2) is 41.2 Å². The molecular weight excluding hydrogens is 312 g/mol. The Morgan fingerprint density at radius 1 is 0.958 bits per heavy atom. The van der Waals surface area contributed by atoms with Crippen LogP contribution in [0, 0.1) is 0 Å². The molecule has 1 heterocycles. The molecule has 24 heavy (non-hydrogen) atoms.